The lowest BCUT2D eigenvalue weighted by Gasteiger charge is -2.16. The minimum Gasteiger partial charge on any atom is -0.389 e. The fourth-order valence-corrected chi connectivity index (χ4v) is 1.62. The van der Waals surface area contributed by atoms with E-state index < -0.39 is 0 Å². The van der Waals surface area contributed by atoms with E-state index in [1.165, 1.54) is 0 Å². The van der Waals surface area contributed by atoms with Crippen molar-refractivity contribution in [3.63, 3.8) is 0 Å². The molecule has 0 aromatic heterocycles. The minimum atomic E-state index is 0.421. The van der Waals surface area contributed by atoms with Gasteiger partial charge in [-0.3, -0.25) is 0 Å². The molecule has 0 saturated carbocycles. The van der Waals surface area contributed by atoms with Gasteiger partial charge in [0.05, 0.1) is 0 Å². The van der Waals surface area contributed by atoms with Crippen molar-refractivity contribution in [2.24, 2.45) is 5.73 Å². The molecular weight excluding hydrogens is 248 g/mol. The van der Waals surface area contributed by atoms with Crippen molar-refractivity contribution >= 4 is 38.8 Å². The van der Waals surface area contributed by atoms with Gasteiger partial charge in [-0.05, 0) is 18.2 Å². The Labute approximate surface area is 91.9 Å². The first kappa shape index (κ1) is 10.5. The summed E-state index contributed by atoms with van der Waals surface area (Å²) in [5.74, 6) is 0. The zero-order valence-electron chi connectivity index (χ0n) is 7.54. The molecule has 0 fully saturated rings. The van der Waals surface area contributed by atoms with Crippen molar-refractivity contribution in [2.45, 2.75) is 0 Å². The molecule has 4 heteroatoms. The Bertz CT molecular complexity index is 336. The fraction of sp³-hybridized carbons (Fsp3) is 0.222. The fourth-order valence-electron chi connectivity index (χ4n) is 1.10. The molecule has 1 aromatic carbocycles. The third kappa shape index (κ3) is 2.42. The quantitative estimate of drug-likeness (QED) is 0.825. The second-order valence-electron chi connectivity index (χ2n) is 2.92. The van der Waals surface area contributed by atoms with Gasteiger partial charge in [-0.15, -0.1) is 0 Å². The van der Waals surface area contributed by atoms with E-state index in [1.54, 1.807) is 0 Å². The highest BCUT2D eigenvalue weighted by molar-refractivity contribution is 9.10. The Morgan fingerprint density at radius 3 is 2.54 bits per heavy atom. The normalized spacial score (nSPS) is 9.77. The maximum atomic E-state index is 5.61. The average Bonchev–Trinajstić information content (AvgIpc) is 2.03. The van der Waals surface area contributed by atoms with E-state index in [9.17, 15) is 0 Å². The maximum absolute atomic E-state index is 5.61. The summed E-state index contributed by atoms with van der Waals surface area (Å²) in [6.07, 6.45) is 0. The van der Waals surface area contributed by atoms with Gasteiger partial charge in [-0.2, -0.15) is 0 Å². The highest BCUT2D eigenvalue weighted by Gasteiger charge is 2.06. The molecule has 0 atom stereocenters. The lowest BCUT2D eigenvalue weighted by atomic mass is 10.1. The largest absolute Gasteiger partial charge is 0.389 e. The summed E-state index contributed by atoms with van der Waals surface area (Å²) < 4.78 is 0.987. The van der Waals surface area contributed by atoms with Crippen LogP contribution in [0.2, 0.25) is 0 Å². The van der Waals surface area contributed by atoms with E-state index in [1.807, 2.05) is 37.2 Å². The van der Waals surface area contributed by atoms with Crippen LogP contribution in [0.15, 0.2) is 22.7 Å². The van der Waals surface area contributed by atoms with Crippen LogP contribution in [0.4, 0.5) is 5.69 Å². The number of anilines is 1. The van der Waals surface area contributed by atoms with Crippen LogP contribution in [0.5, 0.6) is 0 Å². The molecule has 0 bridgehead atoms. The van der Waals surface area contributed by atoms with E-state index in [4.69, 9.17) is 18.0 Å². The molecule has 1 rings (SSSR count). The van der Waals surface area contributed by atoms with Gasteiger partial charge < -0.3 is 10.6 Å². The molecule has 0 unspecified atom stereocenters. The van der Waals surface area contributed by atoms with Gasteiger partial charge in [0.25, 0.3) is 0 Å². The van der Waals surface area contributed by atoms with Crippen LogP contribution in [0.3, 0.4) is 0 Å². The highest BCUT2D eigenvalue weighted by atomic mass is 79.9. The van der Waals surface area contributed by atoms with Crippen LogP contribution in [0, 0.1) is 0 Å². The number of thiocarbonyl (C=S) groups is 1. The van der Waals surface area contributed by atoms with Crippen LogP contribution in [0.25, 0.3) is 0 Å². The van der Waals surface area contributed by atoms with Gasteiger partial charge in [0, 0.05) is 29.8 Å². The van der Waals surface area contributed by atoms with Gasteiger partial charge >= 0.3 is 0 Å². The molecular formula is C9H11BrN2S. The SMILES string of the molecule is CN(C)c1ccc(Br)cc1C(N)=S. The number of nitrogens with two attached hydrogens (primary N) is 1. The van der Waals surface area contributed by atoms with Crippen molar-refractivity contribution in [3.05, 3.63) is 28.2 Å². The Balaban J connectivity index is 3.27. The van der Waals surface area contributed by atoms with Gasteiger partial charge in [-0.1, -0.05) is 28.1 Å². The van der Waals surface area contributed by atoms with Crippen LogP contribution in [-0.4, -0.2) is 19.1 Å². The van der Waals surface area contributed by atoms with Crippen LogP contribution in [-0.2, 0) is 0 Å². The number of nitrogens with zero attached hydrogens (tertiary/aromatic N) is 1. The van der Waals surface area contributed by atoms with Crippen LogP contribution in [0.1, 0.15) is 5.56 Å². The molecule has 0 heterocycles. The summed E-state index contributed by atoms with van der Waals surface area (Å²) in [7, 11) is 3.93. The van der Waals surface area contributed by atoms with Gasteiger partial charge in [0.15, 0.2) is 0 Å². The predicted octanol–water partition coefficient (Wildman–Crippen LogP) is 2.15. The molecule has 2 nitrogen and oxygen atoms in total. The zero-order valence-corrected chi connectivity index (χ0v) is 9.95. The third-order valence-corrected chi connectivity index (χ3v) is 2.42. The maximum Gasteiger partial charge on any atom is 0.106 e. The topological polar surface area (TPSA) is 29.3 Å². The summed E-state index contributed by atoms with van der Waals surface area (Å²) >= 11 is 8.34. The summed E-state index contributed by atoms with van der Waals surface area (Å²) in [4.78, 5) is 2.41. The minimum absolute atomic E-state index is 0.421. The predicted molar refractivity (Wildman–Crippen MR) is 64.4 cm³/mol. The molecule has 1 aromatic rings. The molecule has 0 aliphatic rings. The Morgan fingerprint density at radius 1 is 1.46 bits per heavy atom. The smallest absolute Gasteiger partial charge is 0.106 e. The molecule has 0 amide bonds. The van der Waals surface area contributed by atoms with E-state index in [0.29, 0.717) is 4.99 Å². The van der Waals surface area contributed by atoms with Crippen molar-refractivity contribution < 1.29 is 0 Å². The molecule has 13 heavy (non-hydrogen) atoms. The second-order valence-corrected chi connectivity index (χ2v) is 4.28. The molecule has 0 spiro atoms. The molecule has 70 valence electrons. The summed E-state index contributed by atoms with van der Waals surface area (Å²) in [6, 6.07) is 5.88. The monoisotopic (exact) mass is 258 g/mol. The molecule has 0 aliphatic heterocycles. The Kier molecular flexibility index (Phi) is 3.27. The average molecular weight is 259 g/mol. The van der Waals surface area contributed by atoms with E-state index in [0.717, 1.165) is 15.7 Å². The standard InChI is InChI=1S/C9H11BrN2S/c1-12(2)8-4-3-6(10)5-7(8)9(11)13/h3-5H,1-2H3,(H2,11,13). The molecule has 0 saturated heterocycles. The molecule has 2 N–H and O–H groups in total. The van der Waals surface area contributed by atoms with Gasteiger partial charge in [-0.25, -0.2) is 0 Å². The third-order valence-electron chi connectivity index (χ3n) is 1.71. The van der Waals surface area contributed by atoms with Gasteiger partial charge in [0.2, 0.25) is 0 Å². The Morgan fingerprint density at radius 2 is 2.08 bits per heavy atom. The van der Waals surface area contributed by atoms with E-state index in [2.05, 4.69) is 15.9 Å². The van der Waals surface area contributed by atoms with Crippen molar-refractivity contribution in [3.8, 4) is 0 Å². The first-order valence-electron chi connectivity index (χ1n) is 3.79. The van der Waals surface area contributed by atoms with Crippen molar-refractivity contribution in [2.75, 3.05) is 19.0 Å². The summed E-state index contributed by atoms with van der Waals surface area (Å²) in [5.41, 5.74) is 7.54. The number of halogens is 1. The number of benzene rings is 1. The highest BCUT2D eigenvalue weighted by Crippen LogP contribution is 2.22. The van der Waals surface area contributed by atoms with Crippen LogP contribution < -0.4 is 10.6 Å². The van der Waals surface area contributed by atoms with Gasteiger partial charge in [0.1, 0.15) is 4.99 Å². The number of rotatable bonds is 2. The van der Waals surface area contributed by atoms with Crippen LogP contribution >= 0.6 is 28.1 Å². The summed E-state index contributed by atoms with van der Waals surface area (Å²) in [5, 5.41) is 0. The van der Waals surface area contributed by atoms with E-state index >= 15 is 0 Å². The number of hydrogen-bond donors (Lipinski definition) is 1. The molecule has 0 radical (unpaired) electrons. The van der Waals surface area contributed by atoms with Crippen molar-refractivity contribution in [1.29, 1.82) is 0 Å². The lowest BCUT2D eigenvalue weighted by Crippen LogP contribution is -2.17. The first-order chi connectivity index (χ1) is 6.02. The second kappa shape index (κ2) is 4.07. The lowest BCUT2D eigenvalue weighted by molar-refractivity contribution is 1.13. The van der Waals surface area contributed by atoms with Crippen molar-refractivity contribution in [1.82, 2.24) is 0 Å². The first-order valence-corrected chi connectivity index (χ1v) is 4.99. The zero-order chi connectivity index (χ0) is 10.0. The Hall–Kier alpha value is -0.610. The number of hydrogen-bond acceptors (Lipinski definition) is 2. The summed E-state index contributed by atoms with van der Waals surface area (Å²) in [6.45, 7) is 0. The van der Waals surface area contributed by atoms with E-state index in [-0.39, 0.29) is 0 Å². The molecule has 0 aliphatic carbocycles.